The first kappa shape index (κ1) is 12.4. The predicted octanol–water partition coefficient (Wildman–Crippen LogP) is 0.395. The summed E-state index contributed by atoms with van der Waals surface area (Å²) in [6.07, 6.45) is 1.09. The van der Waals surface area contributed by atoms with Crippen LogP contribution in [-0.2, 0) is 9.53 Å². The summed E-state index contributed by atoms with van der Waals surface area (Å²) in [4.78, 5) is 15.0. The molecule has 0 fully saturated rings. The molecule has 0 radical (unpaired) electrons. The van der Waals surface area contributed by atoms with Gasteiger partial charge in [0, 0.05) is 13.7 Å². The fourth-order valence-electron chi connectivity index (χ4n) is 1.01. The number of hydrogen-bond acceptors (Lipinski definition) is 4. The number of hydrogen-bond donors (Lipinski definition) is 2. The summed E-state index contributed by atoms with van der Waals surface area (Å²) < 4.78 is 17.3. The number of halogens is 1. The van der Waals surface area contributed by atoms with Crippen LogP contribution in [0.5, 0.6) is 0 Å². The highest BCUT2D eigenvalue weighted by atomic mass is 19.1. The third-order valence-corrected chi connectivity index (χ3v) is 1.79. The second-order valence-electron chi connectivity index (χ2n) is 3.06. The van der Waals surface area contributed by atoms with Crippen LogP contribution < -0.4 is 10.6 Å². The molecule has 0 saturated carbocycles. The molecule has 2 N–H and O–H groups in total. The highest BCUT2D eigenvalue weighted by molar-refractivity contribution is 5.80. The van der Waals surface area contributed by atoms with E-state index in [4.69, 9.17) is 4.74 Å². The highest BCUT2D eigenvalue weighted by Crippen LogP contribution is 2.02. The molecular formula is C10H14FN3O2. The SMILES string of the molecule is COCCNC(=O)CNc1ccc(F)cn1. The van der Waals surface area contributed by atoms with Crippen molar-refractivity contribution in [2.75, 3.05) is 32.1 Å². The van der Waals surface area contributed by atoms with E-state index in [2.05, 4.69) is 15.6 Å². The number of anilines is 1. The maximum absolute atomic E-state index is 12.5. The summed E-state index contributed by atoms with van der Waals surface area (Å²) in [5, 5.41) is 5.40. The van der Waals surface area contributed by atoms with E-state index in [0.29, 0.717) is 19.0 Å². The Balaban J connectivity index is 2.23. The van der Waals surface area contributed by atoms with Crippen LogP contribution in [-0.4, -0.2) is 37.7 Å². The number of carbonyl (C=O) groups is 1. The number of methoxy groups -OCH3 is 1. The molecular weight excluding hydrogens is 213 g/mol. The third-order valence-electron chi connectivity index (χ3n) is 1.79. The lowest BCUT2D eigenvalue weighted by Gasteiger charge is -2.06. The van der Waals surface area contributed by atoms with Crippen LogP contribution in [0.4, 0.5) is 10.2 Å². The fraction of sp³-hybridized carbons (Fsp3) is 0.400. The second-order valence-corrected chi connectivity index (χ2v) is 3.06. The molecule has 0 aliphatic carbocycles. The largest absolute Gasteiger partial charge is 0.383 e. The van der Waals surface area contributed by atoms with Crippen LogP contribution in [0.25, 0.3) is 0 Å². The Hall–Kier alpha value is -1.69. The van der Waals surface area contributed by atoms with Gasteiger partial charge >= 0.3 is 0 Å². The number of rotatable bonds is 6. The topological polar surface area (TPSA) is 63.2 Å². The van der Waals surface area contributed by atoms with Gasteiger partial charge in [-0.1, -0.05) is 0 Å². The molecule has 1 heterocycles. The highest BCUT2D eigenvalue weighted by Gasteiger charge is 2.00. The molecule has 1 amide bonds. The van der Waals surface area contributed by atoms with Crippen molar-refractivity contribution in [3.63, 3.8) is 0 Å². The van der Waals surface area contributed by atoms with Gasteiger partial charge < -0.3 is 15.4 Å². The second kappa shape index (κ2) is 6.73. The van der Waals surface area contributed by atoms with Gasteiger partial charge in [0.25, 0.3) is 0 Å². The van der Waals surface area contributed by atoms with E-state index in [-0.39, 0.29) is 12.5 Å². The van der Waals surface area contributed by atoms with E-state index in [0.717, 1.165) is 6.20 Å². The van der Waals surface area contributed by atoms with Gasteiger partial charge in [-0.15, -0.1) is 0 Å². The molecule has 0 aliphatic rings. The standard InChI is InChI=1S/C10H14FN3O2/c1-16-5-4-12-10(15)7-14-9-3-2-8(11)6-13-9/h2-3,6H,4-5,7H2,1H3,(H,12,15)(H,13,14). The Labute approximate surface area is 93.0 Å². The minimum atomic E-state index is -0.407. The van der Waals surface area contributed by atoms with Crippen LogP contribution in [0.3, 0.4) is 0 Å². The Kier molecular flexibility index (Phi) is 5.21. The molecule has 0 unspecified atom stereocenters. The molecule has 1 aromatic heterocycles. The zero-order chi connectivity index (χ0) is 11.8. The molecule has 16 heavy (non-hydrogen) atoms. The summed E-state index contributed by atoms with van der Waals surface area (Å²) in [5.74, 6) is -0.110. The molecule has 0 aliphatic heterocycles. The Morgan fingerprint density at radius 2 is 2.38 bits per heavy atom. The van der Waals surface area contributed by atoms with E-state index in [1.807, 2.05) is 0 Å². The third kappa shape index (κ3) is 4.70. The van der Waals surface area contributed by atoms with Gasteiger partial charge in [-0.25, -0.2) is 9.37 Å². The van der Waals surface area contributed by atoms with E-state index in [1.165, 1.54) is 12.1 Å². The minimum absolute atomic E-state index is 0.0996. The van der Waals surface area contributed by atoms with Gasteiger partial charge in [0.05, 0.1) is 19.3 Å². The maximum Gasteiger partial charge on any atom is 0.239 e. The molecule has 5 nitrogen and oxygen atoms in total. The van der Waals surface area contributed by atoms with Crippen molar-refractivity contribution in [2.45, 2.75) is 0 Å². The van der Waals surface area contributed by atoms with Gasteiger partial charge in [-0.05, 0) is 12.1 Å². The number of pyridine rings is 1. The van der Waals surface area contributed by atoms with Crippen LogP contribution in [0.1, 0.15) is 0 Å². The number of amides is 1. The first-order valence-electron chi connectivity index (χ1n) is 4.83. The summed E-state index contributed by atoms with van der Waals surface area (Å²) >= 11 is 0. The molecule has 0 saturated heterocycles. The van der Waals surface area contributed by atoms with Crippen molar-refractivity contribution in [3.8, 4) is 0 Å². The van der Waals surface area contributed by atoms with Crippen LogP contribution >= 0.6 is 0 Å². The van der Waals surface area contributed by atoms with Gasteiger partial charge in [0.15, 0.2) is 0 Å². The number of ether oxygens (including phenoxy) is 1. The van der Waals surface area contributed by atoms with Crippen molar-refractivity contribution in [1.29, 1.82) is 0 Å². The smallest absolute Gasteiger partial charge is 0.239 e. The Bertz CT molecular complexity index is 329. The minimum Gasteiger partial charge on any atom is -0.383 e. The average Bonchev–Trinajstić information content (AvgIpc) is 2.29. The summed E-state index contributed by atoms with van der Waals surface area (Å²) in [6, 6.07) is 2.75. The molecule has 6 heteroatoms. The van der Waals surface area contributed by atoms with Gasteiger partial charge in [0.1, 0.15) is 11.6 Å². The van der Waals surface area contributed by atoms with Crippen molar-refractivity contribution < 1.29 is 13.9 Å². The summed E-state index contributed by atoms with van der Waals surface area (Å²) in [6.45, 7) is 1.04. The summed E-state index contributed by atoms with van der Waals surface area (Å²) in [7, 11) is 1.56. The molecule has 0 aromatic carbocycles. The number of nitrogens with one attached hydrogen (secondary N) is 2. The Morgan fingerprint density at radius 3 is 3.00 bits per heavy atom. The van der Waals surface area contributed by atoms with Gasteiger partial charge in [-0.2, -0.15) is 0 Å². The van der Waals surface area contributed by atoms with Gasteiger partial charge in [-0.3, -0.25) is 4.79 Å². The van der Waals surface area contributed by atoms with E-state index in [1.54, 1.807) is 7.11 Å². The van der Waals surface area contributed by atoms with E-state index in [9.17, 15) is 9.18 Å². The summed E-state index contributed by atoms with van der Waals surface area (Å²) in [5.41, 5.74) is 0. The zero-order valence-corrected chi connectivity index (χ0v) is 9.00. The normalized spacial score (nSPS) is 9.88. The number of carbonyl (C=O) groups excluding carboxylic acids is 1. The van der Waals surface area contributed by atoms with E-state index < -0.39 is 5.82 Å². The fourth-order valence-corrected chi connectivity index (χ4v) is 1.01. The first-order chi connectivity index (χ1) is 7.72. The lowest BCUT2D eigenvalue weighted by molar-refractivity contribution is -0.119. The number of aromatic nitrogens is 1. The molecule has 0 spiro atoms. The van der Waals surface area contributed by atoms with Crippen molar-refractivity contribution in [3.05, 3.63) is 24.1 Å². The zero-order valence-electron chi connectivity index (χ0n) is 9.00. The van der Waals surface area contributed by atoms with Crippen LogP contribution in [0.15, 0.2) is 18.3 Å². The van der Waals surface area contributed by atoms with Crippen LogP contribution in [0, 0.1) is 5.82 Å². The quantitative estimate of drug-likeness (QED) is 0.690. The molecule has 0 atom stereocenters. The van der Waals surface area contributed by atoms with Gasteiger partial charge in [0.2, 0.25) is 5.91 Å². The first-order valence-corrected chi connectivity index (χ1v) is 4.83. The lowest BCUT2D eigenvalue weighted by Crippen LogP contribution is -2.32. The van der Waals surface area contributed by atoms with Crippen LogP contribution in [0.2, 0.25) is 0 Å². The predicted molar refractivity (Wildman–Crippen MR) is 57.6 cm³/mol. The Morgan fingerprint density at radius 1 is 1.56 bits per heavy atom. The maximum atomic E-state index is 12.5. The van der Waals surface area contributed by atoms with E-state index >= 15 is 0 Å². The average molecular weight is 227 g/mol. The molecule has 1 rings (SSSR count). The van der Waals surface area contributed by atoms with Crippen molar-refractivity contribution >= 4 is 11.7 Å². The lowest BCUT2D eigenvalue weighted by atomic mass is 10.4. The van der Waals surface area contributed by atoms with Crippen molar-refractivity contribution in [2.24, 2.45) is 0 Å². The molecule has 88 valence electrons. The number of nitrogens with zero attached hydrogens (tertiary/aromatic N) is 1. The molecule has 0 bridgehead atoms. The van der Waals surface area contributed by atoms with Crippen molar-refractivity contribution in [1.82, 2.24) is 10.3 Å². The monoisotopic (exact) mass is 227 g/mol. The molecule has 1 aromatic rings.